The van der Waals surface area contributed by atoms with Crippen LogP contribution in [-0.2, 0) is 48.2 Å². The van der Waals surface area contributed by atoms with Gasteiger partial charge in [-0.1, -0.05) is 70.7 Å². The number of nitrogens with zero attached hydrogens (tertiary/aromatic N) is 2. The number of nitrogen functional groups attached to an aromatic ring is 1. The number of nitrogens with one attached hydrogen (secondary N) is 4. The van der Waals surface area contributed by atoms with E-state index in [2.05, 4.69) is 45.3 Å². The number of aromatic nitrogens is 1. The second-order valence-corrected chi connectivity index (χ2v) is 15.0. The standard InChI is InChI=1S/C44H59N7O7/c1-4-5-8-15-33-27-35-32(16-13-17-36(35)49-42(33)45)14-9-6-11-25-46-44(57)58-29-31-19-21-34(22-20-31)48-38(53)28-47-43(56)41(30(2)3)50-37(52)18-10-7-12-26-51-39(54)23-24-40(51)55/h13,16-17,19-24,27,30,41H,4-12,14-15,18,25-26,28-29H2,1-3H3,(H2,45,49)(H,46,57)(H,47,56)(H,48,53)(H,50,52). The van der Waals surface area contributed by atoms with Gasteiger partial charge in [-0.15, -0.1) is 0 Å². The Hall–Kier alpha value is -5.79. The second kappa shape index (κ2) is 23.4. The number of pyridine rings is 1. The zero-order chi connectivity index (χ0) is 41.9. The molecule has 1 aromatic heterocycles. The summed E-state index contributed by atoms with van der Waals surface area (Å²) in [6.45, 7) is 6.37. The van der Waals surface area contributed by atoms with E-state index in [1.807, 2.05) is 12.1 Å². The Morgan fingerprint density at radius 2 is 1.52 bits per heavy atom. The molecular weight excluding hydrogens is 739 g/mol. The van der Waals surface area contributed by atoms with E-state index in [0.717, 1.165) is 67.0 Å². The third kappa shape index (κ3) is 14.6. The topological polar surface area (TPSA) is 202 Å². The van der Waals surface area contributed by atoms with Gasteiger partial charge >= 0.3 is 6.09 Å². The summed E-state index contributed by atoms with van der Waals surface area (Å²) in [6, 6.07) is 14.4. The van der Waals surface area contributed by atoms with Gasteiger partial charge in [0.05, 0.1) is 12.1 Å². The summed E-state index contributed by atoms with van der Waals surface area (Å²) in [7, 11) is 0. The Labute approximate surface area is 341 Å². The number of aryl methyl sites for hydroxylation is 2. The highest BCUT2D eigenvalue weighted by Crippen LogP contribution is 2.25. The maximum Gasteiger partial charge on any atom is 0.407 e. The van der Waals surface area contributed by atoms with Crippen molar-refractivity contribution in [2.45, 2.75) is 110 Å². The van der Waals surface area contributed by atoms with Crippen LogP contribution >= 0.6 is 0 Å². The van der Waals surface area contributed by atoms with Crippen molar-refractivity contribution in [1.29, 1.82) is 0 Å². The average Bonchev–Trinajstić information content (AvgIpc) is 3.52. The number of hydrogen-bond acceptors (Lipinski definition) is 9. The fourth-order valence-electron chi connectivity index (χ4n) is 6.64. The van der Waals surface area contributed by atoms with Crippen LogP contribution < -0.4 is 27.0 Å². The van der Waals surface area contributed by atoms with Crippen LogP contribution in [0.5, 0.6) is 0 Å². The summed E-state index contributed by atoms with van der Waals surface area (Å²) in [5.41, 5.74) is 10.8. The molecule has 14 nitrogen and oxygen atoms in total. The quantitative estimate of drug-likeness (QED) is 0.0543. The Bertz CT molecular complexity index is 1890. The molecule has 1 atom stereocenters. The Morgan fingerprint density at radius 3 is 2.24 bits per heavy atom. The SMILES string of the molecule is CCCCCc1cc2c(CCCCCNC(=O)OCc3ccc(NC(=O)CNC(=O)C(NC(=O)CCCCCN4C(=O)C=CC4=O)C(C)C)cc3)cccc2nc1N. The number of nitrogens with two attached hydrogens (primary N) is 1. The minimum atomic E-state index is -0.823. The average molecular weight is 798 g/mol. The lowest BCUT2D eigenvalue weighted by Gasteiger charge is -2.21. The molecule has 1 unspecified atom stereocenters. The molecule has 14 heteroatoms. The predicted molar refractivity (Wildman–Crippen MR) is 224 cm³/mol. The number of anilines is 2. The van der Waals surface area contributed by atoms with Gasteiger partial charge in [0, 0.05) is 42.7 Å². The van der Waals surface area contributed by atoms with Crippen molar-refractivity contribution in [2.24, 2.45) is 5.92 Å². The molecule has 4 rings (SSSR count). The normalized spacial score (nSPS) is 12.9. The molecular formula is C44H59N7O7. The van der Waals surface area contributed by atoms with Crippen molar-refractivity contribution in [3.8, 4) is 0 Å². The zero-order valence-corrected chi connectivity index (χ0v) is 34.1. The van der Waals surface area contributed by atoms with Crippen molar-refractivity contribution in [1.82, 2.24) is 25.8 Å². The van der Waals surface area contributed by atoms with Gasteiger partial charge in [-0.3, -0.25) is 28.9 Å². The van der Waals surface area contributed by atoms with E-state index in [-0.39, 0.29) is 43.2 Å². The summed E-state index contributed by atoms with van der Waals surface area (Å²) >= 11 is 0. The Morgan fingerprint density at radius 1 is 0.810 bits per heavy atom. The zero-order valence-electron chi connectivity index (χ0n) is 34.1. The van der Waals surface area contributed by atoms with Crippen molar-refractivity contribution in [2.75, 3.05) is 30.7 Å². The summed E-state index contributed by atoms with van der Waals surface area (Å²) in [4.78, 5) is 79.4. The number of alkyl carbamates (subject to hydrolysis) is 1. The molecule has 58 heavy (non-hydrogen) atoms. The van der Waals surface area contributed by atoms with Crippen molar-refractivity contribution >= 4 is 58.0 Å². The molecule has 6 amide bonds. The van der Waals surface area contributed by atoms with Gasteiger partial charge in [0.2, 0.25) is 17.7 Å². The van der Waals surface area contributed by atoms with Crippen LogP contribution in [0.3, 0.4) is 0 Å². The van der Waals surface area contributed by atoms with Crippen molar-refractivity contribution in [3.05, 3.63) is 77.4 Å². The molecule has 2 heterocycles. The molecule has 0 bridgehead atoms. The molecule has 1 aliphatic rings. The Balaban J connectivity index is 1.07. The minimum Gasteiger partial charge on any atom is -0.445 e. The third-order valence-electron chi connectivity index (χ3n) is 9.99. The number of unbranched alkanes of at least 4 members (excludes halogenated alkanes) is 6. The molecule has 0 saturated heterocycles. The maximum atomic E-state index is 12.9. The highest BCUT2D eigenvalue weighted by atomic mass is 16.5. The lowest BCUT2D eigenvalue weighted by molar-refractivity contribution is -0.137. The van der Waals surface area contributed by atoms with Gasteiger partial charge in [0.15, 0.2) is 0 Å². The monoisotopic (exact) mass is 797 g/mol. The summed E-state index contributed by atoms with van der Waals surface area (Å²) < 4.78 is 5.36. The number of fused-ring (bicyclic) bond motifs is 1. The highest BCUT2D eigenvalue weighted by Gasteiger charge is 2.25. The first-order chi connectivity index (χ1) is 27.9. The van der Waals surface area contributed by atoms with Gasteiger partial charge in [-0.2, -0.15) is 0 Å². The summed E-state index contributed by atoms with van der Waals surface area (Å²) in [6.07, 6.45) is 12.0. The first-order valence-electron chi connectivity index (χ1n) is 20.5. The first-order valence-corrected chi connectivity index (χ1v) is 20.5. The smallest absolute Gasteiger partial charge is 0.407 e. The van der Waals surface area contributed by atoms with E-state index in [1.54, 1.807) is 38.1 Å². The van der Waals surface area contributed by atoms with Gasteiger partial charge in [0.1, 0.15) is 18.5 Å². The van der Waals surface area contributed by atoms with Gasteiger partial charge in [-0.05, 0) is 91.8 Å². The van der Waals surface area contributed by atoms with E-state index >= 15 is 0 Å². The Kier molecular flexibility index (Phi) is 18.2. The molecule has 6 N–H and O–H groups in total. The molecule has 0 aliphatic carbocycles. The number of amides is 6. The van der Waals surface area contributed by atoms with Crippen LogP contribution in [0.4, 0.5) is 16.3 Å². The third-order valence-corrected chi connectivity index (χ3v) is 9.99. The molecule has 3 aromatic rings. The number of imide groups is 1. The lowest BCUT2D eigenvalue weighted by Crippen LogP contribution is -2.51. The van der Waals surface area contributed by atoms with Gasteiger partial charge < -0.3 is 31.7 Å². The maximum absolute atomic E-state index is 12.9. The number of carbonyl (C=O) groups is 6. The summed E-state index contributed by atoms with van der Waals surface area (Å²) in [5.74, 6) is -1.46. The van der Waals surface area contributed by atoms with Crippen LogP contribution in [0.2, 0.25) is 0 Å². The predicted octanol–water partition coefficient (Wildman–Crippen LogP) is 5.87. The highest BCUT2D eigenvalue weighted by molar-refractivity contribution is 6.12. The first kappa shape index (κ1) is 44.9. The van der Waals surface area contributed by atoms with Crippen molar-refractivity contribution < 1.29 is 33.5 Å². The number of benzene rings is 2. The number of rotatable bonds is 24. The molecule has 0 saturated carbocycles. The van der Waals surface area contributed by atoms with Crippen molar-refractivity contribution in [3.63, 3.8) is 0 Å². The molecule has 1 aliphatic heterocycles. The molecule has 312 valence electrons. The van der Waals surface area contributed by atoms with Crippen LogP contribution in [0, 0.1) is 5.92 Å². The van der Waals surface area contributed by atoms with Gasteiger partial charge in [-0.25, -0.2) is 9.78 Å². The fourth-order valence-corrected chi connectivity index (χ4v) is 6.64. The largest absolute Gasteiger partial charge is 0.445 e. The minimum absolute atomic E-state index is 0.0663. The van der Waals surface area contributed by atoms with Crippen LogP contribution in [0.1, 0.15) is 102 Å². The molecule has 0 radical (unpaired) electrons. The fraction of sp³-hybridized carbons (Fsp3) is 0.477. The molecule has 2 aromatic carbocycles. The second-order valence-electron chi connectivity index (χ2n) is 15.0. The molecule has 0 fully saturated rings. The van der Waals surface area contributed by atoms with E-state index in [4.69, 9.17) is 10.5 Å². The van der Waals surface area contributed by atoms with Crippen LogP contribution in [0.15, 0.2) is 60.7 Å². The number of hydrogen-bond donors (Lipinski definition) is 5. The summed E-state index contributed by atoms with van der Waals surface area (Å²) in [5, 5.41) is 12.0. The number of ether oxygens (including phenoxy) is 1. The van der Waals surface area contributed by atoms with Crippen LogP contribution in [-0.4, -0.2) is 71.2 Å². The molecule has 0 spiro atoms. The lowest BCUT2D eigenvalue weighted by atomic mass is 9.99. The van der Waals surface area contributed by atoms with E-state index < -0.39 is 23.9 Å². The van der Waals surface area contributed by atoms with E-state index in [0.29, 0.717) is 43.9 Å². The van der Waals surface area contributed by atoms with Gasteiger partial charge in [0.25, 0.3) is 11.8 Å². The number of carbonyl (C=O) groups excluding carboxylic acids is 6. The van der Waals surface area contributed by atoms with Crippen LogP contribution in [0.25, 0.3) is 10.9 Å². The van der Waals surface area contributed by atoms with E-state index in [9.17, 15) is 28.8 Å². The van der Waals surface area contributed by atoms with E-state index in [1.165, 1.54) is 29.0 Å².